The summed E-state index contributed by atoms with van der Waals surface area (Å²) in [6.45, 7) is 5.79. The van der Waals surface area contributed by atoms with Gasteiger partial charge in [0.15, 0.2) is 0 Å². The molecule has 0 aromatic carbocycles. The van der Waals surface area contributed by atoms with Crippen LogP contribution in [0.2, 0.25) is 0 Å². The summed E-state index contributed by atoms with van der Waals surface area (Å²) in [4.78, 5) is 0. The lowest BCUT2D eigenvalue weighted by Crippen LogP contribution is -2.38. The number of nitrogens with two attached hydrogens (primary N) is 1. The Morgan fingerprint density at radius 2 is 1.53 bits per heavy atom. The largest absolute Gasteiger partial charge is 0.330 e. The van der Waals surface area contributed by atoms with E-state index in [2.05, 4.69) is 13.8 Å². The number of rotatable bonds is 2. The van der Waals surface area contributed by atoms with Crippen LogP contribution in [0.1, 0.15) is 65.2 Å². The molecule has 0 spiro atoms. The van der Waals surface area contributed by atoms with Gasteiger partial charge in [-0.05, 0) is 61.8 Å². The van der Waals surface area contributed by atoms with E-state index in [1.54, 1.807) is 0 Å². The molecule has 2 rings (SSSR count). The SMILES string of the molecule is CC1(C)CCC(C2(CN)CCCC2)CC1. The van der Waals surface area contributed by atoms with Crippen molar-refractivity contribution in [1.29, 1.82) is 0 Å². The molecule has 0 aromatic rings. The molecule has 0 atom stereocenters. The second-order valence-electron chi connectivity index (χ2n) is 6.71. The van der Waals surface area contributed by atoms with E-state index in [1.807, 2.05) is 0 Å². The summed E-state index contributed by atoms with van der Waals surface area (Å²) in [5.41, 5.74) is 7.22. The smallest absolute Gasteiger partial charge is 0.00179 e. The molecule has 0 radical (unpaired) electrons. The van der Waals surface area contributed by atoms with Crippen molar-refractivity contribution < 1.29 is 0 Å². The predicted octanol–water partition coefficient (Wildman–Crippen LogP) is 3.72. The Morgan fingerprint density at radius 1 is 1.00 bits per heavy atom. The molecule has 0 aliphatic heterocycles. The Balaban J connectivity index is 1.99. The summed E-state index contributed by atoms with van der Waals surface area (Å²) < 4.78 is 0. The van der Waals surface area contributed by atoms with E-state index < -0.39 is 0 Å². The molecule has 0 unspecified atom stereocenters. The molecule has 0 bridgehead atoms. The molecule has 0 saturated heterocycles. The lowest BCUT2D eigenvalue weighted by atomic mass is 9.62. The van der Waals surface area contributed by atoms with Crippen molar-refractivity contribution >= 4 is 0 Å². The molecule has 15 heavy (non-hydrogen) atoms. The standard InChI is InChI=1S/C14H27N/c1-13(2)9-5-12(6-10-13)14(11-15)7-3-4-8-14/h12H,3-11,15H2,1-2H3. The van der Waals surface area contributed by atoms with Crippen LogP contribution in [0.4, 0.5) is 0 Å². The third-order valence-electron chi connectivity index (χ3n) is 5.21. The lowest BCUT2D eigenvalue weighted by Gasteiger charge is -2.43. The van der Waals surface area contributed by atoms with Crippen molar-refractivity contribution in [3.63, 3.8) is 0 Å². The second-order valence-corrected chi connectivity index (χ2v) is 6.71. The lowest BCUT2D eigenvalue weighted by molar-refractivity contribution is 0.0821. The van der Waals surface area contributed by atoms with Crippen LogP contribution in [-0.2, 0) is 0 Å². The zero-order valence-electron chi connectivity index (χ0n) is 10.5. The molecular weight excluding hydrogens is 182 g/mol. The average Bonchev–Trinajstić information content (AvgIpc) is 2.67. The fourth-order valence-corrected chi connectivity index (χ4v) is 3.87. The Kier molecular flexibility index (Phi) is 3.12. The Morgan fingerprint density at radius 3 is 2.00 bits per heavy atom. The summed E-state index contributed by atoms with van der Waals surface area (Å²) in [6.07, 6.45) is 11.4. The van der Waals surface area contributed by atoms with Gasteiger partial charge in [0, 0.05) is 0 Å². The van der Waals surface area contributed by atoms with Crippen molar-refractivity contribution in [3.05, 3.63) is 0 Å². The maximum absolute atomic E-state index is 6.07. The first-order valence-corrected chi connectivity index (χ1v) is 6.78. The maximum Gasteiger partial charge on any atom is -0.00179 e. The van der Waals surface area contributed by atoms with Crippen LogP contribution in [0, 0.1) is 16.7 Å². The minimum atomic E-state index is 0.552. The van der Waals surface area contributed by atoms with Crippen LogP contribution in [0.3, 0.4) is 0 Å². The zero-order chi connectivity index (χ0) is 10.9. The van der Waals surface area contributed by atoms with Gasteiger partial charge in [0.05, 0.1) is 0 Å². The molecule has 1 heteroatoms. The maximum atomic E-state index is 6.07. The normalized spacial score (nSPS) is 30.6. The molecule has 0 amide bonds. The van der Waals surface area contributed by atoms with E-state index in [0.717, 1.165) is 12.5 Å². The quantitative estimate of drug-likeness (QED) is 0.737. The van der Waals surface area contributed by atoms with Gasteiger partial charge in [0.2, 0.25) is 0 Å². The summed E-state index contributed by atoms with van der Waals surface area (Å²) >= 11 is 0. The van der Waals surface area contributed by atoms with Crippen molar-refractivity contribution in [2.45, 2.75) is 65.2 Å². The van der Waals surface area contributed by atoms with Gasteiger partial charge in [0.1, 0.15) is 0 Å². The van der Waals surface area contributed by atoms with Crippen molar-refractivity contribution in [2.24, 2.45) is 22.5 Å². The monoisotopic (exact) mass is 209 g/mol. The molecule has 88 valence electrons. The summed E-state index contributed by atoms with van der Waals surface area (Å²) in [7, 11) is 0. The van der Waals surface area contributed by atoms with Crippen LogP contribution >= 0.6 is 0 Å². The highest BCUT2D eigenvalue weighted by Gasteiger charge is 2.42. The van der Waals surface area contributed by atoms with Gasteiger partial charge in [-0.2, -0.15) is 0 Å². The van der Waals surface area contributed by atoms with Crippen molar-refractivity contribution in [2.75, 3.05) is 6.54 Å². The molecule has 1 nitrogen and oxygen atoms in total. The molecule has 2 aliphatic carbocycles. The molecular formula is C14H27N. The predicted molar refractivity (Wildman–Crippen MR) is 65.7 cm³/mol. The summed E-state index contributed by atoms with van der Waals surface area (Å²) in [6, 6.07) is 0. The highest BCUT2D eigenvalue weighted by molar-refractivity contribution is 4.94. The number of hydrogen-bond donors (Lipinski definition) is 1. The van der Waals surface area contributed by atoms with E-state index in [4.69, 9.17) is 5.73 Å². The fourth-order valence-electron chi connectivity index (χ4n) is 3.87. The highest BCUT2D eigenvalue weighted by Crippen LogP contribution is 2.51. The van der Waals surface area contributed by atoms with Crippen LogP contribution in [0.5, 0.6) is 0 Å². The summed E-state index contributed by atoms with van der Waals surface area (Å²) in [5.74, 6) is 0.943. The van der Waals surface area contributed by atoms with Crippen LogP contribution in [-0.4, -0.2) is 6.54 Å². The van der Waals surface area contributed by atoms with Gasteiger partial charge in [-0.25, -0.2) is 0 Å². The second kappa shape index (κ2) is 4.08. The van der Waals surface area contributed by atoms with Gasteiger partial charge in [-0.1, -0.05) is 26.7 Å². The zero-order valence-corrected chi connectivity index (χ0v) is 10.5. The minimum Gasteiger partial charge on any atom is -0.330 e. The first-order chi connectivity index (χ1) is 7.08. The first kappa shape index (κ1) is 11.4. The van der Waals surface area contributed by atoms with Crippen LogP contribution in [0.25, 0.3) is 0 Å². The topological polar surface area (TPSA) is 26.0 Å². The van der Waals surface area contributed by atoms with Crippen LogP contribution < -0.4 is 5.73 Å². The van der Waals surface area contributed by atoms with Gasteiger partial charge in [0.25, 0.3) is 0 Å². The van der Waals surface area contributed by atoms with Gasteiger partial charge in [-0.3, -0.25) is 0 Å². The molecule has 2 aliphatic rings. The molecule has 0 heterocycles. The van der Waals surface area contributed by atoms with E-state index in [1.165, 1.54) is 51.4 Å². The first-order valence-electron chi connectivity index (χ1n) is 6.78. The van der Waals surface area contributed by atoms with Crippen molar-refractivity contribution in [1.82, 2.24) is 0 Å². The third-order valence-corrected chi connectivity index (χ3v) is 5.21. The number of hydrogen-bond acceptors (Lipinski definition) is 1. The molecule has 2 saturated carbocycles. The van der Waals surface area contributed by atoms with Crippen molar-refractivity contribution in [3.8, 4) is 0 Å². The van der Waals surface area contributed by atoms with E-state index >= 15 is 0 Å². The third kappa shape index (κ3) is 2.22. The van der Waals surface area contributed by atoms with Gasteiger partial charge < -0.3 is 5.73 Å². The Hall–Kier alpha value is -0.0400. The fraction of sp³-hybridized carbons (Fsp3) is 1.00. The van der Waals surface area contributed by atoms with Gasteiger partial charge >= 0.3 is 0 Å². The highest BCUT2D eigenvalue weighted by atomic mass is 14.6. The average molecular weight is 209 g/mol. The minimum absolute atomic E-state index is 0.552. The Labute approximate surface area is 94.8 Å². The summed E-state index contributed by atoms with van der Waals surface area (Å²) in [5, 5.41) is 0. The van der Waals surface area contributed by atoms with Crippen LogP contribution in [0.15, 0.2) is 0 Å². The molecule has 2 N–H and O–H groups in total. The molecule has 2 fully saturated rings. The molecule has 0 aromatic heterocycles. The van der Waals surface area contributed by atoms with E-state index in [9.17, 15) is 0 Å². The van der Waals surface area contributed by atoms with Gasteiger partial charge in [-0.15, -0.1) is 0 Å². The van der Waals surface area contributed by atoms with E-state index in [-0.39, 0.29) is 0 Å². The van der Waals surface area contributed by atoms with E-state index in [0.29, 0.717) is 10.8 Å². The Bertz CT molecular complexity index is 203.